The molecule has 0 N–H and O–H groups in total. The first-order chi connectivity index (χ1) is 32.0. The monoisotopic (exact) mass is 830 g/mol. The Labute approximate surface area is 378 Å². The number of fused-ring (bicyclic) bond motifs is 12. The first-order valence-corrected chi connectivity index (χ1v) is 22.4. The van der Waals surface area contributed by atoms with Crippen LogP contribution in [0.2, 0.25) is 0 Å². The molecule has 1 spiro atoms. The largest absolute Gasteiger partial charge is 0.309 e. The third kappa shape index (κ3) is 5.41. The second-order valence-corrected chi connectivity index (χ2v) is 17.9. The van der Waals surface area contributed by atoms with Crippen molar-refractivity contribution in [1.82, 2.24) is 19.5 Å². The molecule has 0 radical (unpaired) electrons. The molecule has 4 heteroatoms. The summed E-state index contributed by atoms with van der Waals surface area (Å²) in [5, 5.41) is 2.48. The lowest BCUT2D eigenvalue weighted by Gasteiger charge is -2.46. The number of para-hydroxylation sites is 2. The molecule has 2 aromatic heterocycles. The molecule has 0 saturated carbocycles. The van der Waals surface area contributed by atoms with E-state index in [1.54, 1.807) is 0 Å². The molecule has 0 bridgehead atoms. The third-order valence-electron chi connectivity index (χ3n) is 14.1. The van der Waals surface area contributed by atoms with Crippen LogP contribution in [0.25, 0.3) is 83.9 Å². The van der Waals surface area contributed by atoms with Gasteiger partial charge in [0.1, 0.15) is 0 Å². The highest BCUT2D eigenvalue weighted by Gasteiger charge is 2.53. The SMILES string of the molecule is CC1(C)c2ccccc2C2(c3ccccc3-c3c(-c4cccc(-c5nc(-c6ccccc6)nc(-c6ccc(-n7c8ccccc8c8ccccc87)cc6)n5)c4)cccc32)c2ccccc21. The van der Waals surface area contributed by atoms with Gasteiger partial charge in [-0.05, 0) is 98.1 Å². The molecule has 0 amide bonds. The normalized spacial score (nSPS) is 13.9. The van der Waals surface area contributed by atoms with E-state index in [-0.39, 0.29) is 5.41 Å². The lowest BCUT2D eigenvalue weighted by molar-refractivity contribution is 0.563. The first-order valence-electron chi connectivity index (χ1n) is 22.4. The van der Waals surface area contributed by atoms with Crippen molar-refractivity contribution in [2.45, 2.75) is 24.7 Å². The molecule has 0 saturated heterocycles. The van der Waals surface area contributed by atoms with Crippen LogP contribution in [0.1, 0.15) is 47.2 Å². The van der Waals surface area contributed by atoms with Gasteiger partial charge in [0.2, 0.25) is 0 Å². The van der Waals surface area contributed by atoms with Gasteiger partial charge in [-0.15, -0.1) is 0 Å². The fourth-order valence-corrected chi connectivity index (χ4v) is 11.3. The Hall–Kier alpha value is -8.21. The van der Waals surface area contributed by atoms with Gasteiger partial charge in [0.25, 0.3) is 0 Å². The van der Waals surface area contributed by atoms with E-state index in [2.05, 4.69) is 219 Å². The summed E-state index contributed by atoms with van der Waals surface area (Å²) in [6.45, 7) is 4.75. The summed E-state index contributed by atoms with van der Waals surface area (Å²) < 4.78 is 2.33. The standard InChI is InChI=1S/C61H42N4/c1-60(2)49-27-10-12-29-51(49)61(52-30-13-11-28-50(52)60)48-26-9-6-24-47(48)56-44(25-17-31-53(56)61)41-20-16-21-42(38-41)59-63-57(39-18-4-3-5-19-39)62-58(64-59)40-34-36-43(37-35-40)65-54-32-14-7-22-45(54)46-23-8-15-33-55(46)65/h3-38H,1-2H3. The van der Waals surface area contributed by atoms with Crippen LogP contribution in [0.15, 0.2) is 218 Å². The number of aromatic nitrogens is 4. The maximum Gasteiger partial charge on any atom is 0.164 e. The second kappa shape index (κ2) is 14.2. The quantitative estimate of drug-likeness (QED) is 0.174. The van der Waals surface area contributed by atoms with Crippen molar-refractivity contribution in [3.63, 3.8) is 0 Å². The fraction of sp³-hybridized carbons (Fsp3) is 0.0656. The maximum atomic E-state index is 5.24. The molecule has 4 nitrogen and oxygen atoms in total. The number of benzene rings is 9. The number of hydrogen-bond acceptors (Lipinski definition) is 3. The van der Waals surface area contributed by atoms with E-state index in [1.807, 2.05) is 18.2 Å². The van der Waals surface area contributed by atoms with E-state index in [0.717, 1.165) is 27.9 Å². The van der Waals surface area contributed by atoms with Crippen LogP contribution >= 0.6 is 0 Å². The average molecular weight is 831 g/mol. The molecular weight excluding hydrogens is 789 g/mol. The molecule has 11 aromatic rings. The van der Waals surface area contributed by atoms with Crippen LogP contribution < -0.4 is 0 Å². The lowest BCUT2D eigenvalue weighted by atomic mass is 9.55. The van der Waals surface area contributed by atoms with E-state index in [1.165, 1.54) is 71.9 Å². The number of nitrogens with zero attached hydrogens (tertiary/aromatic N) is 4. The van der Waals surface area contributed by atoms with Gasteiger partial charge in [-0.25, -0.2) is 15.0 Å². The Morgan fingerprint density at radius 2 is 0.785 bits per heavy atom. The van der Waals surface area contributed by atoms with Gasteiger partial charge in [-0.3, -0.25) is 0 Å². The Morgan fingerprint density at radius 1 is 0.338 bits per heavy atom. The lowest BCUT2D eigenvalue weighted by Crippen LogP contribution is -2.40. The van der Waals surface area contributed by atoms with Crippen LogP contribution in [0.5, 0.6) is 0 Å². The zero-order valence-corrected chi connectivity index (χ0v) is 36.1. The summed E-state index contributed by atoms with van der Waals surface area (Å²) in [6.07, 6.45) is 0. The molecule has 2 aliphatic rings. The molecular formula is C61H42N4. The fourth-order valence-electron chi connectivity index (χ4n) is 11.3. The summed E-state index contributed by atoms with van der Waals surface area (Å²) in [6, 6.07) is 79.0. The Morgan fingerprint density at radius 3 is 1.43 bits per heavy atom. The van der Waals surface area contributed by atoms with Crippen LogP contribution in [0.4, 0.5) is 0 Å². The molecule has 0 atom stereocenters. The van der Waals surface area contributed by atoms with Gasteiger partial charge in [-0.2, -0.15) is 0 Å². The summed E-state index contributed by atoms with van der Waals surface area (Å²) in [7, 11) is 0. The summed E-state index contributed by atoms with van der Waals surface area (Å²) in [5.41, 5.74) is 18.5. The van der Waals surface area contributed by atoms with Crippen LogP contribution in [0.3, 0.4) is 0 Å². The number of rotatable bonds is 5. The molecule has 0 aliphatic heterocycles. The molecule has 2 aliphatic carbocycles. The van der Waals surface area contributed by atoms with Crippen molar-refractivity contribution in [2.75, 3.05) is 0 Å². The van der Waals surface area contributed by atoms with Crippen molar-refractivity contribution in [3.05, 3.63) is 252 Å². The van der Waals surface area contributed by atoms with E-state index in [9.17, 15) is 0 Å². The Bertz CT molecular complexity index is 3590. The minimum Gasteiger partial charge on any atom is -0.309 e. The minimum absolute atomic E-state index is 0.154. The van der Waals surface area contributed by atoms with E-state index >= 15 is 0 Å². The second-order valence-electron chi connectivity index (χ2n) is 17.9. The zero-order valence-electron chi connectivity index (χ0n) is 36.1. The molecule has 0 unspecified atom stereocenters. The van der Waals surface area contributed by atoms with Crippen molar-refractivity contribution in [2.24, 2.45) is 0 Å². The van der Waals surface area contributed by atoms with Gasteiger partial charge < -0.3 is 4.57 Å². The van der Waals surface area contributed by atoms with E-state index in [0.29, 0.717) is 17.5 Å². The highest BCUT2D eigenvalue weighted by Crippen LogP contribution is 2.63. The van der Waals surface area contributed by atoms with Gasteiger partial charge in [0.15, 0.2) is 17.5 Å². The summed E-state index contributed by atoms with van der Waals surface area (Å²) in [4.78, 5) is 15.5. The predicted molar refractivity (Wildman–Crippen MR) is 265 cm³/mol. The molecule has 2 heterocycles. The number of hydrogen-bond donors (Lipinski definition) is 0. The van der Waals surface area contributed by atoms with Gasteiger partial charge in [-0.1, -0.05) is 190 Å². The highest BCUT2D eigenvalue weighted by atomic mass is 15.0. The Balaban J connectivity index is 0.963. The molecule has 65 heavy (non-hydrogen) atoms. The van der Waals surface area contributed by atoms with E-state index in [4.69, 9.17) is 15.0 Å². The highest BCUT2D eigenvalue weighted by molar-refractivity contribution is 6.09. The van der Waals surface area contributed by atoms with Crippen molar-refractivity contribution >= 4 is 21.8 Å². The molecule has 0 fully saturated rings. The van der Waals surface area contributed by atoms with Crippen molar-refractivity contribution in [3.8, 4) is 62.1 Å². The maximum absolute atomic E-state index is 5.24. The topological polar surface area (TPSA) is 43.6 Å². The summed E-state index contributed by atoms with van der Waals surface area (Å²) >= 11 is 0. The predicted octanol–water partition coefficient (Wildman–Crippen LogP) is 14.6. The first kappa shape index (κ1) is 37.4. The Kier molecular flexibility index (Phi) is 8.13. The summed E-state index contributed by atoms with van der Waals surface area (Å²) in [5.74, 6) is 1.89. The molecule has 13 rings (SSSR count). The van der Waals surface area contributed by atoms with E-state index < -0.39 is 5.41 Å². The van der Waals surface area contributed by atoms with Crippen LogP contribution in [-0.4, -0.2) is 19.5 Å². The van der Waals surface area contributed by atoms with Crippen LogP contribution in [0, 0.1) is 0 Å². The van der Waals surface area contributed by atoms with Crippen LogP contribution in [-0.2, 0) is 10.8 Å². The average Bonchev–Trinajstić information content (AvgIpc) is 3.87. The zero-order chi connectivity index (χ0) is 43.3. The molecule has 9 aromatic carbocycles. The smallest absolute Gasteiger partial charge is 0.164 e. The van der Waals surface area contributed by atoms with Gasteiger partial charge >= 0.3 is 0 Å². The minimum atomic E-state index is -0.465. The molecule has 306 valence electrons. The van der Waals surface area contributed by atoms with Gasteiger partial charge in [0.05, 0.1) is 16.4 Å². The van der Waals surface area contributed by atoms with Crippen molar-refractivity contribution in [1.29, 1.82) is 0 Å². The van der Waals surface area contributed by atoms with Crippen molar-refractivity contribution < 1.29 is 0 Å². The van der Waals surface area contributed by atoms with Gasteiger partial charge in [0, 0.05) is 38.6 Å². The third-order valence-corrected chi connectivity index (χ3v) is 14.1.